The molecule has 1 aliphatic carbocycles. The van der Waals surface area contributed by atoms with Crippen molar-refractivity contribution in [3.05, 3.63) is 24.3 Å². The minimum absolute atomic E-state index is 0.0875. The minimum Gasteiger partial charge on any atom is -0.325 e. The van der Waals surface area contributed by atoms with Gasteiger partial charge in [0.05, 0.1) is 5.69 Å². The molecule has 0 saturated heterocycles. The Morgan fingerprint density at radius 1 is 1.35 bits per heavy atom. The first-order chi connectivity index (χ1) is 8.29. The van der Waals surface area contributed by atoms with Crippen molar-refractivity contribution < 1.29 is 4.79 Å². The molecule has 3 heteroatoms. The largest absolute Gasteiger partial charge is 0.325 e. The maximum Gasteiger partial charge on any atom is 0.224 e. The number of anilines is 1. The molecule has 1 aromatic rings. The lowest BCUT2D eigenvalue weighted by molar-refractivity contribution is -0.115. The zero-order chi connectivity index (χ0) is 12.1. The smallest absolute Gasteiger partial charge is 0.224 e. The van der Waals surface area contributed by atoms with Gasteiger partial charge in [-0.15, -0.1) is 11.8 Å². The lowest BCUT2D eigenvalue weighted by Crippen LogP contribution is -2.10. The van der Waals surface area contributed by atoms with E-state index in [9.17, 15) is 4.79 Å². The van der Waals surface area contributed by atoms with Gasteiger partial charge in [-0.25, -0.2) is 0 Å². The highest BCUT2D eigenvalue weighted by molar-refractivity contribution is 8.00. The second-order valence-electron chi connectivity index (χ2n) is 4.42. The fraction of sp³-hybridized carbons (Fsp3) is 0.500. The van der Waals surface area contributed by atoms with Crippen molar-refractivity contribution in [2.45, 2.75) is 49.2 Å². The normalized spacial score (nSPS) is 16.1. The SMILES string of the molecule is CCC(=O)Nc1ccccc1SC1CCCC1. The van der Waals surface area contributed by atoms with E-state index < -0.39 is 0 Å². The fourth-order valence-electron chi connectivity index (χ4n) is 2.10. The monoisotopic (exact) mass is 249 g/mol. The van der Waals surface area contributed by atoms with Gasteiger partial charge in [0.1, 0.15) is 0 Å². The Labute approximate surface area is 107 Å². The second kappa shape index (κ2) is 6.10. The summed E-state index contributed by atoms with van der Waals surface area (Å²) in [6.07, 6.45) is 5.84. The number of carbonyl (C=O) groups is 1. The number of thioether (sulfide) groups is 1. The predicted molar refractivity (Wildman–Crippen MR) is 73.5 cm³/mol. The molecule has 1 aliphatic rings. The lowest BCUT2D eigenvalue weighted by atomic mass is 10.3. The first-order valence-electron chi connectivity index (χ1n) is 6.35. The Morgan fingerprint density at radius 2 is 2.06 bits per heavy atom. The summed E-state index contributed by atoms with van der Waals surface area (Å²) in [7, 11) is 0. The average Bonchev–Trinajstić information content (AvgIpc) is 2.84. The highest BCUT2D eigenvalue weighted by Crippen LogP contribution is 2.37. The van der Waals surface area contributed by atoms with Crippen molar-refractivity contribution in [2.24, 2.45) is 0 Å². The molecule has 92 valence electrons. The molecule has 0 bridgehead atoms. The summed E-state index contributed by atoms with van der Waals surface area (Å²) in [6, 6.07) is 8.11. The van der Waals surface area contributed by atoms with Crippen molar-refractivity contribution >= 4 is 23.4 Å². The van der Waals surface area contributed by atoms with E-state index in [0.29, 0.717) is 6.42 Å². The molecular formula is C14H19NOS. The number of para-hydroxylation sites is 1. The average molecular weight is 249 g/mol. The van der Waals surface area contributed by atoms with Gasteiger partial charge in [0.25, 0.3) is 0 Å². The van der Waals surface area contributed by atoms with Crippen LogP contribution in [0, 0.1) is 0 Å². The molecule has 17 heavy (non-hydrogen) atoms. The molecule has 1 N–H and O–H groups in total. The van der Waals surface area contributed by atoms with Crippen LogP contribution in [-0.2, 0) is 4.79 Å². The van der Waals surface area contributed by atoms with E-state index in [1.54, 1.807) is 0 Å². The number of hydrogen-bond donors (Lipinski definition) is 1. The van der Waals surface area contributed by atoms with Crippen LogP contribution in [0.4, 0.5) is 5.69 Å². The van der Waals surface area contributed by atoms with Gasteiger partial charge in [0.15, 0.2) is 0 Å². The number of carbonyl (C=O) groups excluding carboxylic acids is 1. The van der Waals surface area contributed by atoms with Crippen LogP contribution in [0.2, 0.25) is 0 Å². The van der Waals surface area contributed by atoms with E-state index >= 15 is 0 Å². The highest BCUT2D eigenvalue weighted by atomic mass is 32.2. The molecule has 0 unspecified atom stereocenters. The molecule has 1 aromatic carbocycles. The molecule has 0 radical (unpaired) electrons. The third-order valence-electron chi connectivity index (χ3n) is 3.08. The molecule has 0 spiro atoms. The van der Waals surface area contributed by atoms with Crippen molar-refractivity contribution in [3.8, 4) is 0 Å². The third-order valence-corrected chi connectivity index (χ3v) is 4.49. The summed E-state index contributed by atoms with van der Waals surface area (Å²) >= 11 is 1.92. The summed E-state index contributed by atoms with van der Waals surface area (Å²) < 4.78 is 0. The van der Waals surface area contributed by atoms with Crippen molar-refractivity contribution in [1.82, 2.24) is 0 Å². The minimum atomic E-state index is 0.0875. The van der Waals surface area contributed by atoms with Gasteiger partial charge in [-0.1, -0.05) is 31.9 Å². The number of nitrogens with one attached hydrogen (secondary N) is 1. The van der Waals surface area contributed by atoms with Crippen LogP contribution in [0.1, 0.15) is 39.0 Å². The zero-order valence-corrected chi connectivity index (χ0v) is 11.1. The van der Waals surface area contributed by atoms with Gasteiger partial charge in [-0.05, 0) is 25.0 Å². The van der Waals surface area contributed by atoms with Crippen LogP contribution in [0.25, 0.3) is 0 Å². The summed E-state index contributed by atoms with van der Waals surface area (Å²) in [5.74, 6) is 0.0875. The van der Waals surface area contributed by atoms with Crippen molar-refractivity contribution in [3.63, 3.8) is 0 Å². The molecule has 0 aromatic heterocycles. The molecule has 0 heterocycles. The second-order valence-corrected chi connectivity index (χ2v) is 5.76. The Hall–Kier alpha value is -0.960. The Kier molecular flexibility index (Phi) is 4.49. The van der Waals surface area contributed by atoms with Crippen molar-refractivity contribution in [1.29, 1.82) is 0 Å². The van der Waals surface area contributed by atoms with E-state index in [1.165, 1.54) is 30.6 Å². The quantitative estimate of drug-likeness (QED) is 0.871. The van der Waals surface area contributed by atoms with E-state index in [-0.39, 0.29) is 5.91 Å². The van der Waals surface area contributed by atoms with E-state index in [2.05, 4.69) is 11.4 Å². The fourth-order valence-corrected chi connectivity index (χ4v) is 3.43. The number of hydrogen-bond acceptors (Lipinski definition) is 2. The third kappa shape index (κ3) is 3.50. The predicted octanol–water partition coefficient (Wildman–Crippen LogP) is 4.07. The van der Waals surface area contributed by atoms with Gasteiger partial charge < -0.3 is 5.32 Å². The summed E-state index contributed by atoms with van der Waals surface area (Å²) in [6.45, 7) is 1.88. The topological polar surface area (TPSA) is 29.1 Å². The summed E-state index contributed by atoms with van der Waals surface area (Å²) in [5.41, 5.74) is 0.969. The lowest BCUT2D eigenvalue weighted by Gasteiger charge is -2.13. The highest BCUT2D eigenvalue weighted by Gasteiger charge is 2.17. The molecule has 2 rings (SSSR count). The van der Waals surface area contributed by atoms with Crippen LogP contribution < -0.4 is 5.32 Å². The molecule has 2 nitrogen and oxygen atoms in total. The van der Waals surface area contributed by atoms with Gasteiger partial charge in [-0.3, -0.25) is 4.79 Å². The van der Waals surface area contributed by atoms with Gasteiger partial charge in [0, 0.05) is 16.6 Å². The molecule has 1 fully saturated rings. The molecule has 0 atom stereocenters. The van der Waals surface area contributed by atoms with Crippen molar-refractivity contribution in [2.75, 3.05) is 5.32 Å². The summed E-state index contributed by atoms with van der Waals surface area (Å²) in [4.78, 5) is 12.7. The van der Waals surface area contributed by atoms with Crippen LogP contribution in [0.15, 0.2) is 29.2 Å². The van der Waals surface area contributed by atoms with Gasteiger partial charge in [0.2, 0.25) is 5.91 Å². The standard InChI is InChI=1S/C14H19NOS/c1-2-14(16)15-12-9-5-6-10-13(12)17-11-7-3-4-8-11/h5-6,9-11H,2-4,7-8H2,1H3,(H,15,16). The van der Waals surface area contributed by atoms with Crippen LogP contribution in [-0.4, -0.2) is 11.2 Å². The Morgan fingerprint density at radius 3 is 2.76 bits per heavy atom. The Balaban J connectivity index is 2.06. The maximum atomic E-state index is 11.5. The van der Waals surface area contributed by atoms with Crippen LogP contribution in [0.5, 0.6) is 0 Å². The number of rotatable bonds is 4. The zero-order valence-electron chi connectivity index (χ0n) is 10.2. The molecule has 1 saturated carbocycles. The summed E-state index contributed by atoms with van der Waals surface area (Å²) in [5, 5.41) is 3.71. The van der Waals surface area contributed by atoms with E-state index in [1.807, 2.05) is 36.9 Å². The van der Waals surface area contributed by atoms with Gasteiger partial charge >= 0.3 is 0 Å². The maximum absolute atomic E-state index is 11.5. The van der Waals surface area contributed by atoms with Gasteiger partial charge in [-0.2, -0.15) is 0 Å². The first kappa shape index (κ1) is 12.5. The number of amides is 1. The Bertz CT molecular complexity index is 386. The van der Waals surface area contributed by atoms with E-state index in [4.69, 9.17) is 0 Å². The van der Waals surface area contributed by atoms with Crippen LogP contribution >= 0.6 is 11.8 Å². The molecule has 1 amide bonds. The molecular weight excluding hydrogens is 230 g/mol. The van der Waals surface area contributed by atoms with E-state index in [0.717, 1.165) is 10.9 Å². The molecule has 0 aliphatic heterocycles. The van der Waals surface area contributed by atoms with Crippen LogP contribution in [0.3, 0.4) is 0 Å². The number of benzene rings is 1. The first-order valence-corrected chi connectivity index (χ1v) is 7.23.